The summed E-state index contributed by atoms with van der Waals surface area (Å²) < 4.78 is 0. The highest BCUT2D eigenvalue weighted by Gasteiger charge is 2.17. The van der Waals surface area contributed by atoms with Gasteiger partial charge in [0.1, 0.15) is 0 Å². The fourth-order valence-electron chi connectivity index (χ4n) is 6.76. The van der Waals surface area contributed by atoms with Gasteiger partial charge in [-0.15, -0.1) is 0 Å². The van der Waals surface area contributed by atoms with Crippen LogP contribution in [0.5, 0.6) is 0 Å². The Morgan fingerprint density at radius 3 is 1.50 bits per heavy atom. The molecule has 46 heavy (non-hydrogen) atoms. The number of hydrogen-bond donors (Lipinski definition) is 0. The molecule has 3 heteroatoms. The molecule has 0 amide bonds. The number of benzene rings is 8. The van der Waals surface area contributed by atoms with Crippen molar-refractivity contribution in [1.29, 1.82) is 0 Å². The Kier molecular flexibility index (Phi) is 6.14. The van der Waals surface area contributed by atoms with Gasteiger partial charge in [0.2, 0.25) is 0 Å². The number of fused-ring (bicyclic) bond motifs is 7. The molecular weight excluding hydrogens is 558 g/mol. The Balaban J connectivity index is 1.29. The summed E-state index contributed by atoms with van der Waals surface area (Å²) in [6.07, 6.45) is 0. The Morgan fingerprint density at radius 1 is 0.261 bits per heavy atom. The molecule has 0 saturated heterocycles. The fourth-order valence-corrected chi connectivity index (χ4v) is 6.76. The van der Waals surface area contributed by atoms with Crippen LogP contribution in [-0.4, -0.2) is 15.0 Å². The van der Waals surface area contributed by atoms with Gasteiger partial charge in [-0.2, -0.15) is 0 Å². The lowest BCUT2D eigenvalue weighted by atomic mass is 9.89. The third-order valence-corrected chi connectivity index (χ3v) is 8.92. The van der Waals surface area contributed by atoms with E-state index in [1.54, 1.807) is 0 Å². The molecule has 0 aliphatic heterocycles. The van der Waals surface area contributed by atoms with Gasteiger partial charge in [-0.1, -0.05) is 164 Å². The van der Waals surface area contributed by atoms with Gasteiger partial charge in [0.05, 0.1) is 0 Å². The highest BCUT2D eigenvalue weighted by Crippen LogP contribution is 2.41. The summed E-state index contributed by atoms with van der Waals surface area (Å²) in [6, 6.07) is 57.5. The third kappa shape index (κ3) is 4.33. The average Bonchev–Trinajstić information content (AvgIpc) is 3.14. The average molecular weight is 586 g/mol. The first-order valence-electron chi connectivity index (χ1n) is 15.5. The Hall–Kier alpha value is -6.19. The minimum atomic E-state index is 0.651. The number of aromatic nitrogens is 3. The zero-order valence-corrected chi connectivity index (χ0v) is 24.9. The predicted octanol–water partition coefficient (Wildman–Crippen LogP) is 11.2. The van der Waals surface area contributed by atoms with Gasteiger partial charge < -0.3 is 0 Å². The minimum Gasteiger partial charge on any atom is -0.208 e. The summed E-state index contributed by atoms with van der Waals surface area (Å²) in [5.74, 6) is 1.96. The maximum Gasteiger partial charge on any atom is 0.164 e. The molecule has 0 bridgehead atoms. The fraction of sp³-hybridized carbons (Fsp3) is 0. The van der Waals surface area contributed by atoms with Gasteiger partial charge in [-0.3, -0.25) is 0 Å². The third-order valence-electron chi connectivity index (χ3n) is 8.92. The van der Waals surface area contributed by atoms with E-state index in [9.17, 15) is 0 Å². The normalized spacial score (nSPS) is 11.5. The van der Waals surface area contributed by atoms with Crippen molar-refractivity contribution < 1.29 is 0 Å². The van der Waals surface area contributed by atoms with Gasteiger partial charge in [-0.25, -0.2) is 15.0 Å². The molecule has 0 radical (unpaired) electrons. The van der Waals surface area contributed by atoms with Gasteiger partial charge in [0, 0.05) is 16.7 Å². The van der Waals surface area contributed by atoms with Crippen LogP contribution in [-0.2, 0) is 0 Å². The zero-order valence-electron chi connectivity index (χ0n) is 24.9. The maximum atomic E-state index is 5.06. The molecule has 0 atom stereocenters. The van der Waals surface area contributed by atoms with Crippen molar-refractivity contribution in [2.45, 2.75) is 0 Å². The smallest absolute Gasteiger partial charge is 0.164 e. The lowest BCUT2D eigenvalue weighted by Crippen LogP contribution is -2.01. The molecule has 0 unspecified atom stereocenters. The van der Waals surface area contributed by atoms with Gasteiger partial charge in [0.25, 0.3) is 0 Å². The molecule has 214 valence electrons. The topological polar surface area (TPSA) is 38.7 Å². The van der Waals surface area contributed by atoms with E-state index in [1.807, 2.05) is 60.7 Å². The van der Waals surface area contributed by atoms with Crippen molar-refractivity contribution in [2.75, 3.05) is 0 Å². The summed E-state index contributed by atoms with van der Waals surface area (Å²) >= 11 is 0. The molecule has 3 nitrogen and oxygen atoms in total. The standard InChI is InChI=1S/C43H27N3/c1-3-13-30(14-4-1)41-44-42(31-15-5-2-6-16-31)46-43(45-41)39-19-10-9-18-34(39)33-20-11-21-37-36(33)26-24-29-23-25-35-32-17-8-7-12-28(32)22-27-38(35)40(29)37/h1-27H. The van der Waals surface area contributed by atoms with E-state index in [1.165, 1.54) is 43.1 Å². The first-order chi connectivity index (χ1) is 22.8. The van der Waals surface area contributed by atoms with Crippen molar-refractivity contribution in [3.63, 3.8) is 0 Å². The van der Waals surface area contributed by atoms with Crippen molar-refractivity contribution >= 4 is 43.1 Å². The molecule has 8 aromatic carbocycles. The first kappa shape index (κ1) is 26.2. The van der Waals surface area contributed by atoms with Crippen LogP contribution in [0, 0.1) is 0 Å². The van der Waals surface area contributed by atoms with E-state index >= 15 is 0 Å². The second kappa shape index (κ2) is 10.8. The van der Waals surface area contributed by atoms with Crippen LogP contribution < -0.4 is 0 Å². The van der Waals surface area contributed by atoms with Crippen LogP contribution in [0.25, 0.3) is 88.4 Å². The number of hydrogen-bond acceptors (Lipinski definition) is 3. The van der Waals surface area contributed by atoms with Crippen LogP contribution in [0.4, 0.5) is 0 Å². The van der Waals surface area contributed by atoms with Gasteiger partial charge >= 0.3 is 0 Å². The van der Waals surface area contributed by atoms with E-state index in [2.05, 4.69) is 103 Å². The summed E-state index contributed by atoms with van der Waals surface area (Å²) in [5, 5.41) is 10.0. The summed E-state index contributed by atoms with van der Waals surface area (Å²) in [7, 11) is 0. The Morgan fingerprint density at radius 2 is 0.761 bits per heavy atom. The zero-order chi connectivity index (χ0) is 30.5. The summed E-state index contributed by atoms with van der Waals surface area (Å²) in [5.41, 5.74) is 5.11. The Bertz CT molecular complexity index is 2520. The second-order valence-electron chi connectivity index (χ2n) is 11.6. The molecule has 1 heterocycles. The van der Waals surface area contributed by atoms with Gasteiger partial charge in [0.15, 0.2) is 17.5 Å². The monoisotopic (exact) mass is 585 g/mol. The van der Waals surface area contributed by atoms with Crippen molar-refractivity contribution in [1.82, 2.24) is 15.0 Å². The van der Waals surface area contributed by atoms with Crippen LogP contribution in [0.15, 0.2) is 164 Å². The molecule has 9 aromatic rings. The van der Waals surface area contributed by atoms with E-state index in [4.69, 9.17) is 15.0 Å². The molecular formula is C43H27N3. The molecule has 0 saturated carbocycles. The van der Waals surface area contributed by atoms with Crippen LogP contribution in [0.1, 0.15) is 0 Å². The van der Waals surface area contributed by atoms with E-state index < -0.39 is 0 Å². The highest BCUT2D eigenvalue weighted by molar-refractivity contribution is 6.26. The van der Waals surface area contributed by atoms with E-state index in [-0.39, 0.29) is 0 Å². The molecule has 0 aliphatic carbocycles. The molecule has 0 aliphatic rings. The lowest BCUT2D eigenvalue weighted by molar-refractivity contribution is 1.07. The van der Waals surface area contributed by atoms with E-state index in [0.29, 0.717) is 17.5 Å². The number of rotatable bonds is 4. The Labute approximate surface area is 266 Å². The minimum absolute atomic E-state index is 0.651. The van der Waals surface area contributed by atoms with E-state index in [0.717, 1.165) is 27.8 Å². The first-order valence-corrected chi connectivity index (χ1v) is 15.5. The maximum absolute atomic E-state index is 5.06. The van der Waals surface area contributed by atoms with Crippen LogP contribution in [0.2, 0.25) is 0 Å². The van der Waals surface area contributed by atoms with Crippen molar-refractivity contribution in [2.24, 2.45) is 0 Å². The van der Waals surface area contributed by atoms with Crippen molar-refractivity contribution in [3.8, 4) is 45.3 Å². The lowest BCUT2D eigenvalue weighted by Gasteiger charge is -2.15. The molecule has 0 spiro atoms. The van der Waals surface area contributed by atoms with Gasteiger partial charge in [-0.05, 0) is 54.2 Å². The quantitative estimate of drug-likeness (QED) is 0.193. The SMILES string of the molecule is c1ccc(-c2nc(-c3ccccc3)nc(-c3ccccc3-c3cccc4c3ccc3ccc5c6ccccc6ccc5c34)n2)cc1. The largest absolute Gasteiger partial charge is 0.208 e. The van der Waals surface area contributed by atoms with Crippen LogP contribution in [0.3, 0.4) is 0 Å². The molecule has 1 aromatic heterocycles. The predicted molar refractivity (Wildman–Crippen MR) is 192 cm³/mol. The highest BCUT2D eigenvalue weighted by atomic mass is 15.0. The molecule has 9 rings (SSSR count). The second-order valence-corrected chi connectivity index (χ2v) is 11.6. The number of nitrogens with zero attached hydrogens (tertiary/aromatic N) is 3. The summed E-state index contributed by atoms with van der Waals surface area (Å²) in [4.78, 5) is 15.0. The molecule has 0 N–H and O–H groups in total. The van der Waals surface area contributed by atoms with Crippen LogP contribution >= 0.6 is 0 Å². The molecule has 0 fully saturated rings. The summed E-state index contributed by atoms with van der Waals surface area (Å²) in [6.45, 7) is 0. The van der Waals surface area contributed by atoms with Crippen molar-refractivity contribution in [3.05, 3.63) is 164 Å².